The maximum atomic E-state index is 12.1. The normalized spacial score (nSPS) is 11.4. The smallest absolute Gasteiger partial charge is 0.276 e. The Morgan fingerprint density at radius 3 is 2.38 bits per heavy atom. The third-order valence-corrected chi connectivity index (χ3v) is 4.39. The predicted molar refractivity (Wildman–Crippen MR) is 94.3 cm³/mol. The fourth-order valence-electron chi connectivity index (χ4n) is 2.02. The van der Waals surface area contributed by atoms with Gasteiger partial charge in [-0.2, -0.15) is 13.5 Å². The number of rotatable bonds is 7. The van der Waals surface area contributed by atoms with Crippen molar-refractivity contribution < 1.29 is 13.2 Å². The van der Waals surface area contributed by atoms with Crippen molar-refractivity contribution in [2.45, 2.75) is 24.7 Å². The van der Waals surface area contributed by atoms with E-state index in [0.29, 0.717) is 12.1 Å². The van der Waals surface area contributed by atoms with Crippen molar-refractivity contribution in [3.05, 3.63) is 60.2 Å². The van der Waals surface area contributed by atoms with Crippen LogP contribution in [0.25, 0.3) is 0 Å². The lowest BCUT2D eigenvalue weighted by molar-refractivity contribution is -0.114. The summed E-state index contributed by atoms with van der Waals surface area (Å²) in [6.07, 6.45) is 2.96. The number of anilines is 1. The number of hydrogen-bond acceptors (Lipinski definition) is 4. The molecule has 0 heterocycles. The molecule has 0 aliphatic heterocycles. The highest BCUT2D eigenvalue weighted by Gasteiger charge is 2.12. The largest absolute Gasteiger partial charge is 0.326 e. The van der Waals surface area contributed by atoms with Crippen molar-refractivity contribution in [3.63, 3.8) is 0 Å². The highest BCUT2D eigenvalue weighted by molar-refractivity contribution is 7.89. The van der Waals surface area contributed by atoms with Crippen LogP contribution in [0.3, 0.4) is 0 Å². The molecule has 0 unspecified atom stereocenters. The van der Waals surface area contributed by atoms with Crippen LogP contribution in [0.2, 0.25) is 0 Å². The molecule has 126 valence electrons. The van der Waals surface area contributed by atoms with Crippen LogP contribution >= 0.6 is 0 Å². The van der Waals surface area contributed by atoms with Gasteiger partial charge >= 0.3 is 0 Å². The molecule has 6 nitrogen and oxygen atoms in total. The molecular formula is C17H19N3O3S. The molecule has 2 rings (SSSR count). The van der Waals surface area contributed by atoms with Crippen molar-refractivity contribution in [2.75, 3.05) is 5.32 Å². The minimum Gasteiger partial charge on any atom is -0.326 e. The Morgan fingerprint density at radius 2 is 1.75 bits per heavy atom. The second kappa shape index (κ2) is 8.26. The standard InChI is InChI=1S/C17H19N3O3S/c1-14(21)19-16-9-11-17(12-10-16)24(22,23)20-18-13-5-8-15-6-3-2-4-7-15/h2-4,6-7,9-13,20H,5,8H2,1H3,(H,19,21). The Balaban J connectivity index is 1.88. The Bertz CT molecular complexity index is 801. The fraction of sp³-hybridized carbons (Fsp3) is 0.176. The van der Waals surface area contributed by atoms with E-state index in [1.54, 1.807) is 0 Å². The summed E-state index contributed by atoms with van der Waals surface area (Å²) in [7, 11) is -3.71. The molecule has 24 heavy (non-hydrogen) atoms. The second-order valence-electron chi connectivity index (χ2n) is 5.14. The third kappa shape index (κ3) is 5.51. The van der Waals surface area contributed by atoms with Crippen LogP contribution in [-0.4, -0.2) is 20.5 Å². The summed E-state index contributed by atoms with van der Waals surface area (Å²) in [6, 6.07) is 15.7. The van der Waals surface area contributed by atoms with Gasteiger partial charge in [0.05, 0.1) is 4.90 Å². The number of sulfonamides is 1. The molecule has 2 N–H and O–H groups in total. The van der Waals surface area contributed by atoms with Gasteiger partial charge in [-0.05, 0) is 42.7 Å². The Morgan fingerprint density at radius 1 is 1.08 bits per heavy atom. The number of carbonyl (C=O) groups is 1. The zero-order valence-corrected chi connectivity index (χ0v) is 14.1. The number of nitrogens with one attached hydrogen (secondary N) is 2. The Labute approximate surface area is 141 Å². The van der Waals surface area contributed by atoms with E-state index < -0.39 is 10.0 Å². The molecule has 2 aromatic rings. The molecule has 0 spiro atoms. The molecule has 0 aliphatic carbocycles. The van der Waals surface area contributed by atoms with E-state index in [-0.39, 0.29) is 10.8 Å². The molecule has 0 bridgehead atoms. The van der Waals surface area contributed by atoms with Gasteiger partial charge in [0.1, 0.15) is 0 Å². The number of amides is 1. The molecule has 0 aromatic heterocycles. The van der Waals surface area contributed by atoms with Crippen molar-refractivity contribution in [2.24, 2.45) is 5.10 Å². The first-order valence-electron chi connectivity index (χ1n) is 7.42. The number of benzene rings is 2. The van der Waals surface area contributed by atoms with Crippen LogP contribution in [0.5, 0.6) is 0 Å². The highest BCUT2D eigenvalue weighted by atomic mass is 32.2. The maximum Gasteiger partial charge on any atom is 0.276 e. The van der Waals surface area contributed by atoms with E-state index >= 15 is 0 Å². The molecule has 0 saturated carbocycles. The van der Waals surface area contributed by atoms with Gasteiger partial charge in [0.25, 0.3) is 10.0 Å². The minimum atomic E-state index is -3.71. The van der Waals surface area contributed by atoms with E-state index in [1.807, 2.05) is 30.3 Å². The monoisotopic (exact) mass is 345 g/mol. The zero-order valence-electron chi connectivity index (χ0n) is 13.3. The summed E-state index contributed by atoms with van der Waals surface area (Å²) in [6.45, 7) is 1.39. The lowest BCUT2D eigenvalue weighted by atomic mass is 10.1. The average molecular weight is 345 g/mol. The van der Waals surface area contributed by atoms with Crippen molar-refractivity contribution in [1.29, 1.82) is 0 Å². The molecular weight excluding hydrogens is 326 g/mol. The fourth-order valence-corrected chi connectivity index (χ4v) is 2.83. The molecule has 2 aromatic carbocycles. The number of hydrazone groups is 1. The first-order chi connectivity index (χ1) is 11.5. The topological polar surface area (TPSA) is 87.6 Å². The van der Waals surface area contributed by atoms with Crippen molar-refractivity contribution >= 4 is 27.8 Å². The van der Waals surface area contributed by atoms with Gasteiger partial charge in [-0.25, -0.2) is 4.83 Å². The minimum absolute atomic E-state index is 0.0804. The van der Waals surface area contributed by atoms with Gasteiger partial charge in [0.2, 0.25) is 5.91 Å². The van der Waals surface area contributed by atoms with E-state index in [0.717, 1.165) is 6.42 Å². The lowest BCUT2D eigenvalue weighted by Gasteiger charge is -2.05. The first-order valence-corrected chi connectivity index (χ1v) is 8.90. The van der Waals surface area contributed by atoms with Gasteiger partial charge in [-0.15, -0.1) is 0 Å². The summed E-state index contributed by atoms with van der Waals surface area (Å²) in [5.74, 6) is -0.216. The van der Waals surface area contributed by atoms with E-state index in [1.165, 1.54) is 43.0 Å². The van der Waals surface area contributed by atoms with Gasteiger partial charge in [0.15, 0.2) is 0 Å². The predicted octanol–water partition coefficient (Wildman–Crippen LogP) is 2.54. The van der Waals surface area contributed by atoms with Gasteiger partial charge in [-0.3, -0.25) is 4.79 Å². The SMILES string of the molecule is CC(=O)Nc1ccc(S(=O)(=O)NN=CCCc2ccccc2)cc1. The Hall–Kier alpha value is -2.67. The van der Waals surface area contributed by atoms with Crippen LogP contribution in [0.15, 0.2) is 64.6 Å². The first kappa shape index (κ1) is 17.7. The summed E-state index contributed by atoms with van der Waals surface area (Å²) >= 11 is 0. The van der Waals surface area contributed by atoms with E-state index in [9.17, 15) is 13.2 Å². The van der Waals surface area contributed by atoms with Crippen molar-refractivity contribution in [3.8, 4) is 0 Å². The quantitative estimate of drug-likeness (QED) is 0.597. The highest BCUT2D eigenvalue weighted by Crippen LogP contribution is 2.13. The van der Waals surface area contributed by atoms with Gasteiger partial charge < -0.3 is 5.32 Å². The molecule has 0 fully saturated rings. The molecule has 0 radical (unpaired) electrons. The van der Waals surface area contributed by atoms with E-state index in [4.69, 9.17) is 0 Å². The maximum absolute atomic E-state index is 12.1. The zero-order chi connectivity index (χ0) is 17.4. The molecule has 0 aliphatic rings. The number of hydrogen-bond donors (Lipinski definition) is 2. The lowest BCUT2D eigenvalue weighted by Crippen LogP contribution is -2.18. The van der Waals surface area contributed by atoms with Gasteiger partial charge in [0, 0.05) is 18.8 Å². The van der Waals surface area contributed by atoms with Crippen molar-refractivity contribution in [1.82, 2.24) is 4.83 Å². The van der Waals surface area contributed by atoms with Crippen LogP contribution in [0, 0.1) is 0 Å². The third-order valence-electron chi connectivity index (χ3n) is 3.15. The second-order valence-corrected chi connectivity index (χ2v) is 6.80. The molecule has 1 amide bonds. The molecule has 0 saturated heterocycles. The van der Waals surface area contributed by atoms with Crippen LogP contribution in [0.4, 0.5) is 5.69 Å². The summed E-state index contributed by atoms with van der Waals surface area (Å²) in [4.78, 5) is 13.2. The van der Waals surface area contributed by atoms with Crippen LogP contribution in [-0.2, 0) is 21.2 Å². The summed E-state index contributed by atoms with van der Waals surface area (Å²) in [5.41, 5.74) is 1.70. The van der Waals surface area contributed by atoms with Gasteiger partial charge in [-0.1, -0.05) is 30.3 Å². The summed E-state index contributed by atoms with van der Waals surface area (Å²) < 4.78 is 24.2. The number of nitrogens with zero attached hydrogens (tertiary/aromatic N) is 1. The average Bonchev–Trinajstić information content (AvgIpc) is 2.55. The Kier molecular flexibility index (Phi) is 6.08. The van der Waals surface area contributed by atoms with E-state index in [2.05, 4.69) is 15.2 Å². The number of aryl methyl sites for hydroxylation is 1. The van der Waals surface area contributed by atoms with Crippen LogP contribution < -0.4 is 10.1 Å². The number of carbonyl (C=O) groups excluding carboxylic acids is 1. The summed E-state index contributed by atoms with van der Waals surface area (Å²) in [5, 5.41) is 6.35. The molecule has 7 heteroatoms. The van der Waals surface area contributed by atoms with Crippen LogP contribution in [0.1, 0.15) is 18.9 Å². The molecule has 0 atom stereocenters.